The van der Waals surface area contributed by atoms with Gasteiger partial charge in [-0.15, -0.1) is 11.3 Å². The molecule has 0 N–H and O–H groups in total. The fourth-order valence-electron chi connectivity index (χ4n) is 2.09. The minimum absolute atomic E-state index is 0.0916. The highest BCUT2D eigenvalue weighted by Crippen LogP contribution is 2.32. The summed E-state index contributed by atoms with van der Waals surface area (Å²) >= 11 is 1.29. The lowest BCUT2D eigenvalue weighted by Gasteiger charge is -2.05. The average Bonchev–Trinajstić information content (AvgIpc) is 3.13. The first kappa shape index (κ1) is 16.6. The SMILES string of the molecule is COc1ccc(OC(=O)c2csc(-c3ccccc3)n2)c([N+](=O)[O-])c1. The summed E-state index contributed by atoms with van der Waals surface area (Å²) in [5, 5.41) is 13.4. The lowest BCUT2D eigenvalue weighted by atomic mass is 10.2. The van der Waals surface area contributed by atoms with Crippen LogP contribution in [0.5, 0.6) is 11.5 Å². The molecule has 3 aromatic rings. The van der Waals surface area contributed by atoms with E-state index in [-0.39, 0.29) is 17.1 Å². The van der Waals surface area contributed by atoms with Crippen LogP contribution in [0.15, 0.2) is 53.9 Å². The maximum Gasteiger partial charge on any atom is 0.363 e. The number of nitrogens with zero attached hydrogens (tertiary/aromatic N) is 2. The Morgan fingerprint density at radius 1 is 1.20 bits per heavy atom. The molecule has 0 atom stereocenters. The Morgan fingerprint density at radius 2 is 1.96 bits per heavy atom. The molecule has 0 saturated heterocycles. The van der Waals surface area contributed by atoms with E-state index in [9.17, 15) is 14.9 Å². The van der Waals surface area contributed by atoms with Crippen molar-refractivity contribution in [1.29, 1.82) is 0 Å². The van der Waals surface area contributed by atoms with Gasteiger partial charge in [-0.1, -0.05) is 30.3 Å². The van der Waals surface area contributed by atoms with Gasteiger partial charge in [0.2, 0.25) is 5.75 Å². The molecule has 25 heavy (non-hydrogen) atoms. The summed E-state index contributed by atoms with van der Waals surface area (Å²) in [7, 11) is 1.39. The molecule has 0 radical (unpaired) electrons. The second-order valence-electron chi connectivity index (χ2n) is 4.88. The number of carbonyl (C=O) groups is 1. The van der Waals surface area contributed by atoms with E-state index in [1.54, 1.807) is 5.38 Å². The predicted molar refractivity (Wildman–Crippen MR) is 92.2 cm³/mol. The van der Waals surface area contributed by atoms with Crippen molar-refractivity contribution in [1.82, 2.24) is 4.98 Å². The first-order chi connectivity index (χ1) is 12.1. The molecule has 0 spiro atoms. The third kappa shape index (κ3) is 3.64. The fraction of sp³-hybridized carbons (Fsp3) is 0.0588. The van der Waals surface area contributed by atoms with Gasteiger partial charge in [-0.2, -0.15) is 0 Å². The highest BCUT2D eigenvalue weighted by Gasteiger charge is 2.21. The molecular weight excluding hydrogens is 344 g/mol. The van der Waals surface area contributed by atoms with Crippen LogP contribution in [0.25, 0.3) is 10.6 Å². The summed E-state index contributed by atoms with van der Waals surface area (Å²) in [4.78, 5) is 27.0. The van der Waals surface area contributed by atoms with Crippen LogP contribution in [0.1, 0.15) is 10.5 Å². The molecule has 0 fully saturated rings. The van der Waals surface area contributed by atoms with Crippen molar-refractivity contribution in [2.45, 2.75) is 0 Å². The van der Waals surface area contributed by atoms with Crippen LogP contribution in [0.4, 0.5) is 5.69 Å². The van der Waals surface area contributed by atoms with Crippen molar-refractivity contribution in [3.63, 3.8) is 0 Å². The quantitative estimate of drug-likeness (QED) is 0.297. The van der Waals surface area contributed by atoms with Crippen molar-refractivity contribution in [3.8, 4) is 22.1 Å². The van der Waals surface area contributed by atoms with Crippen molar-refractivity contribution in [2.75, 3.05) is 7.11 Å². The Balaban J connectivity index is 1.84. The summed E-state index contributed by atoms with van der Waals surface area (Å²) < 4.78 is 10.1. The molecule has 2 aromatic carbocycles. The number of ether oxygens (including phenoxy) is 2. The number of nitro groups is 1. The minimum atomic E-state index is -0.758. The molecule has 0 amide bonds. The lowest BCUT2D eigenvalue weighted by molar-refractivity contribution is -0.385. The van der Waals surface area contributed by atoms with E-state index in [0.717, 1.165) is 5.56 Å². The smallest absolute Gasteiger partial charge is 0.363 e. The second-order valence-corrected chi connectivity index (χ2v) is 5.74. The largest absolute Gasteiger partial charge is 0.496 e. The fourth-order valence-corrected chi connectivity index (χ4v) is 2.88. The van der Waals surface area contributed by atoms with Crippen LogP contribution >= 0.6 is 11.3 Å². The molecule has 1 aromatic heterocycles. The van der Waals surface area contributed by atoms with Crippen LogP contribution in [-0.4, -0.2) is 23.0 Å². The molecule has 0 unspecified atom stereocenters. The Kier molecular flexibility index (Phi) is 4.71. The average molecular weight is 356 g/mol. The van der Waals surface area contributed by atoms with Crippen molar-refractivity contribution in [2.24, 2.45) is 0 Å². The Bertz CT molecular complexity index is 924. The monoisotopic (exact) mass is 356 g/mol. The summed E-state index contributed by atoms with van der Waals surface area (Å²) in [6.07, 6.45) is 0. The molecule has 126 valence electrons. The molecule has 0 aliphatic rings. The first-order valence-electron chi connectivity index (χ1n) is 7.14. The number of carbonyl (C=O) groups excluding carboxylic acids is 1. The van der Waals surface area contributed by atoms with E-state index >= 15 is 0 Å². The van der Waals surface area contributed by atoms with Gasteiger partial charge in [-0.05, 0) is 12.1 Å². The molecule has 0 aliphatic heterocycles. The van der Waals surface area contributed by atoms with Gasteiger partial charge < -0.3 is 9.47 Å². The number of hydrogen-bond acceptors (Lipinski definition) is 7. The molecule has 8 heteroatoms. The van der Waals surface area contributed by atoms with Crippen molar-refractivity contribution < 1.29 is 19.2 Å². The van der Waals surface area contributed by atoms with Crippen molar-refractivity contribution in [3.05, 3.63) is 69.7 Å². The predicted octanol–water partition coefficient (Wildman–Crippen LogP) is 3.95. The number of methoxy groups -OCH3 is 1. The van der Waals surface area contributed by atoms with Gasteiger partial charge in [-0.3, -0.25) is 10.1 Å². The topological polar surface area (TPSA) is 91.6 Å². The Labute approximate surface area is 146 Å². The molecule has 0 aliphatic carbocycles. The zero-order valence-corrected chi connectivity index (χ0v) is 13.9. The zero-order chi connectivity index (χ0) is 17.8. The zero-order valence-electron chi connectivity index (χ0n) is 13.0. The standard InChI is InChI=1S/C17H12N2O5S/c1-23-12-7-8-15(14(9-12)19(21)22)24-17(20)13-10-25-16(18-13)11-5-3-2-4-6-11/h2-10H,1H3. The van der Waals surface area contributed by atoms with Crippen LogP contribution in [0, 0.1) is 10.1 Å². The van der Waals surface area contributed by atoms with E-state index < -0.39 is 10.9 Å². The highest BCUT2D eigenvalue weighted by atomic mass is 32.1. The first-order valence-corrected chi connectivity index (χ1v) is 8.02. The number of rotatable bonds is 5. The number of aromatic nitrogens is 1. The molecular formula is C17H12N2O5S. The highest BCUT2D eigenvalue weighted by molar-refractivity contribution is 7.13. The van der Waals surface area contributed by atoms with Gasteiger partial charge in [0.15, 0.2) is 5.69 Å². The number of nitro benzene ring substituents is 1. The number of esters is 1. The lowest BCUT2D eigenvalue weighted by Crippen LogP contribution is -2.10. The maximum atomic E-state index is 12.3. The van der Waals surface area contributed by atoms with Gasteiger partial charge >= 0.3 is 11.7 Å². The Hall–Kier alpha value is -3.26. The summed E-state index contributed by atoms with van der Waals surface area (Å²) in [5.41, 5.74) is 0.613. The second kappa shape index (κ2) is 7.10. The van der Waals surface area contributed by atoms with Crippen LogP contribution in [0.2, 0.25) is 0 Å². The maximum absolute atomic E-state index is 12.3. The third-order valence-electron chi connectivity index (χ3n) is 3.30. The summed E-state index contributed by atoms with van der Waals surface area (Å²) in [5.74, 6) is -0.622. The number of benzene rings is 2. The van der Waals surface area contributed by atoms with Gasteiger partial charge in [0.25, 0.3) is 0 Å². The van der Waals surface area contributed by atoms with Gasteiger partial charge in [0.05, 0.1) is 18.1 Å². The van der Waals surface area contributed by atoms with Crippen LogP contribution in [0.3, 0.4) is 0 Å². The van der Waals surface area contributed by atoms with E-state index in [4.69, 9.17) is 9.47 Å². The third-order valence-corrected chi connectivity index (χ3v) is 4.19. The van der Waals surface area contributed by atoms with E-state index in [1.807, 2.05) is 30.3 Å². The molecule has 1 heterocycles. The van der Waals surface area contributed by atoms with E-state index in [1.165, 1.54) is 36.6 Å². The number of hydrogen-bond donors (Lipinski definition) is 0. The van der Waals surface area contributed by atoms with Crippen molar-refractivity contribution >= 4 is 23.0 Å². The molecule has 0 bridgehead atoms. The molecule has 0 saturated carbocycles. The minimum Gasteiger partial charge on any atom is -0.496 e. The van der Waals surface area contributed by atoms with Gasteiger partial charge in [0, 0.05) is 10.9 Å². The summed E-state index contributed by atoms with van der Waals surface area (Å²) in [6, 6.07) is 13.4. The number of thiazole rings is 1. The normalized spacial score (nSPS) is 10.3. The molecule has 3 rings (SSSR count). The molecule has 7 nitrogen and oxygen atoms in total. The van der Waals surface area contributed by atoms with E-state index in [0.29, 0.717) is 10.8 Å². The summed E-state index contributed by atoms with van der Waals surface area (Å²) in [6.45, 7) is 0. The Morgan fingerprint density at radius 3 is 2.64 bits per heavy atom. The van der Waals surface area contributed by atoms with Gasteiger partial charge in [-0.25, -0.2) is 9.78 Å². The van der Waals surface area contributed by atoms with Crippen LogP contribution in [-0.2, 0) is 0 Å². The van der Waals surface area contributed by atoms with E-state index in [2.05, 4.69) is 4.98 Å². The van der Waals surface area contributed by atoms with Gasteiger partial charge in [0.1, 0.15) is 10.8 Å². The van der Waals surface area contributed by atoms with Crippen LogP contribution < -0.4 is 9.47 Å².